The molecule has 0 fully saturated rings. The first-order valence-electron chi connectivity index (χ1n) is 6.16. The molecule has 0 spiro atoms. The first kappa shape index (κ1) is 16.5. The van der Waals surface area contributed by atoms with Gasteiger partial charge in [0.25, 0.3) is 5.69 Å². The summed E-state index contributed by atoms with van der Waals surface area (Å²) in [4.78, 5) is 10.1. The van der Waals surface area contributed by atoms with Gasteiger partial charge < -0.3 is 5.73 Å². The van der Waals surface area contributed by atoms with Crippen molar-refractivity contribution >= 4 is 15.7 Å². The molecular formula is C12H19N3O4S. The van der Waals surface area contributed by atoms with Gasteiger partial charge in [0.15, 0.2) is 0 Å². The number of sulfonamides is 1. The van der Waals surface area contributed by atoms with Crippen LogP contribution in [0.25, 0.3) is 0 Å². The molecule has 0 aromatic heterocycles. The van der Waals surface area contributed by atoms with Gasteiger partial charge in [-0.15, -0.1) is 0 Å². The number of benzene rings is 1. The van der Waals surface area contributed by atoms with Gasteiger partial charge in [0, 0.05) is 24.2 Å². The predicted molar refractivity (Wildman–Crippen MR) is 75.8 cm³/mol. The van der Waals surface area contributed by atoms with Crippen molar-refractivity contribution in [2.24, 2.45) is 11.7 Å². The van der Waals surface area contributed by atoms with E-state index in [0.29, 0.717) is 0 Å². The van der Waals surface area contributed by atoms with Crippen LogP contribution in [-0.4, -0.2) is 25.9 Å². The van der Waals surface area contributed by atoms with Gasteiger partial charge in [-0.2, -0.15) is 0 Å². The van der Waals surface area contributed by atoms with E-state index in [1.165, 1.54) is 25.1 Å². The van der Waals surface area contributed by atoms with Gasteiger partial charge in [-0.05, 0) is 18.9 Å². The molecule has 0 aliphatic carbocycles. The van der Waals surface area contributed by atoms with Crippen molar-refractivity contribution in [2.45, 2.75) is 31.7 Å². The topological polar surface area (TPSA) is 115 Å². The molecule has 0 radical (unpaired) electrons. The summed E-state index contributed by atoms with van der Waals surface area (Å²) in [5.41, 5.74) is 5.68. The van der Waals surface area contributed by atoms with E-state index in [2.05, 4.69) is 4.72 Å². The van der Waals surface area contributed by atoms with E-state index in [0.717, 1.165) is 0 Å². The molecule has 8 heteroatoms. The Morgan fingerprint density at radius 3 is 2.50 bits per heavy atom. The Bertz CT molecular complexity index is 599. The summed E-state index contributed by atoms with van der Waals surface area (Å²) in [5.74, 6) is 0.129. The minimum atomic E-state index is -3.81. The first-order valence-corrected chi connectivity index (χ1v) is 7.64. The van der Waals surface area contributed by atoms with Crippen molar-refractivity contribution in [3.8, 4) is 0 Å². The molecule has 1 aromatic rings. The average molecular weight is 301 g/mol. The molecule has 3 N–H and O–H groups in total. The number of hydrogen-bond acceptors (Lipinski definition) is 5. The Morgan fingerprint density at radius 1 is 1.40 bits per heavy atom. The fourth-order valence-electron chi connectivity index (χ4n) is 1.61. The summed E-state index contributed by atoms with van der Waals surface area (Å²) in [6.45, 7) is 5.27. The highest BCUT2D eigenvalue weighted by atomic mass is 32.2. The van der Waals surface area contributed by atoms with Gasteiger partial charge >= 0.3 is 0 Å². The normalized spacial score (nSPS) is 13.4. The fourth-order valence-corrected chi connectivity index (χ4v) is 2.94. The number of nitrogens with zero attached hydrogens (tertiary/aromatic N) is 1. The van der Waals surface area contributed by atoms with Crippen molar-refractivity contribution < 1.29 is 13.3 Å². The number of nitrogens with two attached hydrogens (primary N) is 1. The molecule has 0 saturated heterocycles. The van der Waals surface area contributed by atoms with Crippen LogP contribution in [0.2, 0.25) is 0 Å². The molecule has 20 heavy (non-hydrogen) atoms. The summed E-state index contributed by atoms with van der Waals surface area (Å²) >= 11 is 0. The highest BCUT2D eigenvalue weighted by molar-refractivity contribution is 7.89. The van der Waals surface area contributed by atoms with Crippen molar-refractivity contribution in [2.75, 3.05) is 6.54 Å². The number of nitrogens with one attached hydrogen (secondary N) is 1. The standard InChI is InChI=1S/C12H19N3O4S/c1-8(2)10(13)7-14-20(18,19)12-6-4-5-11(9(12)3)15(16)17/h4-6,8,10,14H,7,13H2,1-3H3. The van der Waals surface area contributed by atoms with Crippen LogP contribution in [0, 0.1) is 23.0 Å². The molecule has 7 nitrogen and oxygen atoms in total. The zero-order valence-electron chi connectivity index (χ0n) is 11.7. The Morgan fingerprint density at radius 2 is 2.00 bits per heavy atom. The number of rotatable bonds is 6. The molecule has 1 unspecified atom stereocenters. The van der Waals surface area contributed by atoms with Crippen molar-refractivity contribution in [1.82, 2.24) is 4.72 Å². The van der Waals surface area contributed by atoms with E-state index in [-0.39, 0.29) is 34.7 Å². The van der Waals surface area contributed by atoms with Crippen LogP contribution in [0.4, 0.5) is 5.69 Å². The number of nitro benzene ring substituents is 1. The van der Waals surface area contributed by atoms with Gasteiger partial charge in [-0.1, -0.05) is 19.9 Å². The minimum Gasteiger partial charge on any atom is -0.326 e. The molecule has 112 valence electrons. The average Bonchev–Trinajstić information content (AvgIpc) is 2.35. The highest BCUT2D eigenvalue weighted by Gasteiger charge is 2.23. The van der Waals surface area contributed by atoms with E-state index in [1.807, 2.05) is 13.8 Å². The van der Waals surface area contributed by atoms with Gasteiger partial charge in [0.2, 0.25) is 10.0 Å². The quantitative estimate of drug-likeness (QED) is 0.604. The summed E-state index contributed by atoms with van der Waals surface area (Å²) < 4.78 is 26.7. The third kappa shape index (κ3) is 3.75. The molecule has 0 amide bonds. The van der Waals surface area contributed by atoms with E-state index in [9.17, 15) is 18.5 Å². The zero-order chi connectivity index (χ0) is 15.5. The summed E-state index contributed by atoms with van der Waals surface area (Å²) in [7, 11) is -3.81. The Kier molecular flexibility index (Phi) is 5.21. The van der Waals surface area contributed by atoms with E-state index in [4.69, 9.17) is 5.73 Å². The molecule has 0 bridgehead atoms. The molecule has 1 rings (SSSR count). The van der Waals surface area contributed by atoms with Crippen LogP contribution in [0.3, 0.4) is 0 Å². The molecule has 1 atom stereocenters. The summed E-state index contributed by atoms with van der Waals surface area (Å²) in [6, 6.07) is 3.64. The molecule has 1 aromatic carbocycles. The van der Waals surface area contributed by atoms with Crippen molar-refractivity contribution in [3.05, 3.63) is 33.9 Å². The second-order valence-electron chi connectivity index (χ2n) is 4.92. The third-order valence-corrected chi connectivity index (χ3v) is 4.68. The lowest BCUT2D eigenvalue weighted by atomic mass is 10.1. The van der Waals surface area contributed by atoms with Crippen LogP contribution in [-0.2, 0) is 10.0 Å². The van der Waals surface area contributed by atoms with Gasteiger partial charge in [0.1, 0.15) is 0 Å². The lowest BCUT2D eigenvalue weighted by Crippen LogP contribution is -2.40. The van der Waals surface area contributed by atoms with Crippen molar-refractivity contribution in [3.63, 3.8) is 0 Å². The van der Waals surface area contributed by atoms with Crippen molar-refractivity contribution in [1.29, 1.82) is 0 Å². The zero-order valence-corrected chi connectivity index (χ0v) is 12.5. The van der Waals surface area contributed by atoms with Crippen LogP contribution in [0.1, 0.15) is 19.4 Å². The fraction of sp³-hybridized carbons (Fsp3) is 0.500. The molecule has 0 saturated carbocycles. The summed E-state index contributed by atoms with van der Waals surface area (Å²) in [6.07, 6.45) is 0. The SMILES string of the molecule is Cc1c([N+](=O)[O-])cccc1S(=O)(=O)NCC(N)C(C)C. The smallest absolute Gasteiger partial charge is 0.273 e. The van der Waals surface area contributed by atoms with Crippen LogP contribution < -0.4 is 10.5 Å². The molecular weight excluding hydrogens is 282 g/mol. The second-order valence-corrected chi connectivity index (χ2v) is 6.65. The summed E-state index contributed by atoms with van der Waals surface area (Å²) in [5, 5.41) is 10.8. The van der Waals surface area contributed by atoms with E-state index >= 15 is 0 Å². The molecule has 0 aliphatic rings. The van der Waals surface area contributed by atoms with E-state index in [1.54, 1.807) is 0 Å². The Labute approximate surface area is 118 Å². The van der Waals surface area contributed by atoms with Crippen LogP contribution in [0.15, 0.2) is 23.1 Å². The number of nitro groups is 1. The predicted octanol–water partition coefficient (Wildman–Crippen LogP) is 1.16. The minimum absolute atomic E-state index is 0.0854. The maximum atomic E-state index is 12.2. The lowest BCUT2D eigenvalue weighted by molar-refractivity contribution is -0.385. The Hall–Kier alpha value is -1.51. The first-order chi connectivity index (χ1) is 9.16. The second kappa shape index (κ2) is 6.29. The monoisotopic (exact) mass is 301 g/mol. The maximum Gasteiger partial charge on any atom is 0.273 e. The van der Waals surface area contributed by atoms with E-state index < -0.39 is 14.9 Å². The highest BCUT2D eigenvalue weighted by Crippen LogP contribution is 2.24. The van der Waals surface area contributed by atoms with Gasteiger partial charge in [-0.3, -0.25) is 10.1 Å². The van der Waals surface area contributed by atoms with Crippen LogP contribution >= 0.6 is 0 Å². The lowest BCUT2D eigenvalue weighted by Gasteiger charge is -2.16. The molecule has 0 aliphatic heterocycles. The maximum absolute atomic E-state index is 12.2. The van der Waals surface area contributed by atoms with Gasteiger partial charge in [-0.25, -0.2) is 13.1 Å². The van der Waals surface area contributed by atoms with Gasteiger partial charge in [0.05, 0.1) is 9.82 Å². The molecule has 0 heterocycles. The largest absolute Gasteiger partial charge is 0.326 e. The Balaban J connectivity index is 3.05. The number of hydrogen-bond donors (Lipinski definition) is 2. The third-order valence-electron chi connectivity index (χ3n) is 3.11. The van der Waals surface area contributed by atoms with Crippen LogP contribution in [0.5, 0.6) is 0 Å².